The molecule has 0 N–H and O–H groups in total. The predicted molar refractivity (Wildman–Crippen MR) is 75.5 cm³/mol. The Morgan fingerprint density at radius 1 is 0.500 bits per heavy atom. The van der Waals surface area contributed by atoms with E-state index in [-0.39, 0.29) is 12.1 Å². The van der Waals surface area contributed by atoms with Crippen LogP contribution in [-0.2, 0) is 15.6 Å². The average Bonchev–Trinajstić information content (AvgIpc) is 2.50. The lowest BCUT2D eigenvalue weighted by atomic mass is 9.87. The van der Waals surface area contributed by atoms with Crippen LogP contribution in [-0.4, -0.2) is 24.2 Å². The van der Waals surface area contributed by atoms with E-state index in [0.717, 1.165) is 0 Å². The van der Waals surface area contributed by atoms with Crippen molar-refractivity contribution in [2.24, 2.45) is 0 Å². The molecule has 1 aromatic carbocycles. The van der Waals surface area contributed by atoms with Crippen molar-refractivity contribution in [3.8, 4) is 0 Å². The summed E-state index contributed by atoms with van der Waals surface area (Å²) in [6, 6.07) is -0.693. The van der Waals surface area contributed by atoms with E-state index in [0.29, 0.717) is 0 Å². The molecule has 0 aliphatic rings. The van der Waals surface area contributed by atoms with Gasteiger partial charge in [-0.1, -0.05) is 53.0 Å². The Morgan fingerprint density at radius 3 is 1.17 bits per heavy atom. The highest BCUT2D eigenvalue weighted by Gasteiger charge is 2.78. The molecular weight excluding hydrogens is 528 g/mol. The highest BCUT2D eigenvalue weighted by atomic mass is 35.6. The molecule has 0 aliphatic heterocycles. The van der Waals surface area contributed by atoms with E-state index in [9.17, 15) is 61.5 Å². The van der Waals surface area contributed by atoms with E-state index in [1.807, 2.05) is 0 Å². The van der Waals surface area contributed by atoms with Crippen molar-refractivity contribution in [2.45, 2.75) is 39.8 Å². The zero-order valence-corrected chi connectivity index (χ0v) is 15.4. The van der Waals surface area contributed by atoms with Crippen LogP contribution in [0.3, 0.4) is 0 Å². The first-order chi connectivity index (χ1) is 12.8. The maximum Gasteiger partial charge on any atom is 0.460 e. The van der Waals surface area contributed by atoms with Crippen LogP contribution in [0.5, 0.6) is 0 Å². The van der Waals surface area contributed by atoms with Crippen molar-refractivity contribution in [2.75, 3.05) is 0 Å². The molecule has 1 aromatic rings. The van der Waals surface area contributed by atoms with Crippen LogP contribution in [0, 0.1) is 0 Å². The van der Waals surface area contributed by atoms with E-state index in [2.05, 4.69) is 0 Å². The molecule has 0 atom stereocenters. The van der Waals surface area contributed by atoms with Gasteiger partial charge < -0.3 is 0 Å². The van der Waals surface area contributed by atoms with E-state index in [1.54, 1.807) is 0 Å². The van der Waals surface area contributed by atoms with Crippen molar-refractivity contribution in [1.82, 2.24) is 0 Å². The minimum absolute atomic E-state index is 0.0121. The summed E-state index contributed by atoms with van der Waals surface area (Å²) in [4.78, 5) is 0. The first-order valence-electron chi connectivity index (χ1n) is 6.71. The van der Waals surface area contributed by atoms with Crippen molar-refractivity contribution in [3.63, 3.8) is 0 Å². The third kappa shape index (κ3) is 4.10. The Hall–Kier alpha value is -0.890. The Kier molecular flexibility index (Phi) is 6.63. The second-order valence-corrected chi connectivity index (χ2v) is 7.80. The van der Waals surface area contributed by atoms with Crippen molar-refractivity contribution >= 4 is 34.8 Å². The van der Waals surface area contributed by atoms with Crippen LogP contribution in [0.1, 0.15) is 16.7 Å². The molecule has 1 rings (SSSR count). The number of alkyl halides is 17. The Bertz CT molecular complexity index is 788. The first-order valence-corrected chi connectivity index (χ1v) is 7.84. The monoisotopic (exact) mass is 530 g/mol. The van der Waals surface area contributed by atoms with Crippen molar-refractivity contribution in [1.29, 1.82) is 0 Å². The van der Waals surface area contributed by atoms with Gasteiger partial charge in [-0.3, -0.25) is 0 Å². The molecule has 0 fully saturated rings. The lowest BCUT2D eigenvalue weighted by molar-refractivity contribution is -0.367. The quantitative estimate of drug-likeness (QED) is 0.272. The molecule has 0 heterocycles. The lowest BCUT2D eigenvalue weighted by Gasteiger charge is -2.35. The van der Waals surface area contributed by atoms with E-state index in [4.69, 9.17) is 34.8 Å². The lowest BCUT2D eigenvalue weighted by Crippen LogP contribution is -2.54. The average molecular weight is 531 g/mol. The van der Waals surface area contributed by atoms with Gasteiger partial charge in [-0.2, -0.15) is 61.5 Å². The highest BCUT2D eigenvalue weighted by molar-refractivity contribution is 6.66. The smallest absolute Gasteiger partial charge is 0.194 e. The molecule has 0 amide bonds. The van der Waals surface area contributed by atoms with E-state index in [1.165, 1.54) is 0 Å². The van der Waals surface area contributed by atoms with Gasteiger partial charge >= 0.3 is 36.0 Å². The van der Waals surface area contributed by atoms with E-state index < -0.39 is 62.6 Å². The molecule has 0 saturated heterocycles. The summed E-state index contributed by atoms with van der Waals surface area (Å²) in [5.74, 6) is -28.1. The van der Waals surface area contributed by atoms with Gasteiger partial charge in [0.15, 0.2) is 0 Å². The molecule has 0 unspecified atom stereocenters. The molecule has 0 radical (unpaired) electrons. The van der Waals surface area contributed by atoms with Gasteiger partial charge in [0.25, 0.3) is 0 Å². The minimum atomic E-state index is -7.26. The normalized spacial score (nSPS) is 15.5. The largest absolute Gasteiger partial charge is 0.460 e. The summed E-state index contributed by atoms with van der Waals surface area (Å²) in [5.41, 5.74) is -8.74. The summed E-state index contributed by atoms with van der Waals surface area (Å²) in [5, 5.41) is 0. The maximum absolute atomic E-state index is 14.2. The molecular formula is C13H3Cl3F14. The first kappa shape index (κ1) is 27.1. The van der Waals surface area contributed by atoms with Gasteiger partial charge in [0, 0.05) is 16.7 Å². The summed E-state index contributed by atoms with van der Waals surface area (Å²) < 4.78 is 181. The molecule has 174 valence electrons. The zero-order chi connectivity index (χ0) is 24.4. The SMILES string of the molecule is FC(F)(F)C(F)(F)C(F)(F)c1cccc(C(Cl)(Cl)Cl)c1C(F)(F)C(F)(F)C(F)(F)F. The van der Waals surface area contributed by atoms with Crippen molar-refractivity contribution < 1.29 is 61.5 Å². The molecule has 0 aliphatic carbocycles. The fraction of sp³-hybridized carbons (Fsp3) is 0.538. The molecule has 0 aromatic heterocycles. The molecule has 30 heavy (non-hydrogen) atoms. The van der Waals surface area contributed by atoms with Gasteiger partial charge in [0.05, 0.1) is 0 Å². The number of hydrogen-bond acceptors (Lipinski definition) is 0. The Balaban J connectivity index is 4.14. The Morgan fingerprint density at radius 2 is 0.833 bits per heavy atom. The molecule has 0 saturated carbocycles. The van der Waals surface area contributed by atoms with E-state index >= 15 is 0 Å². The minimum Gasteiger partial charge on any atom is -0.194 e. The van der Waals surface area contributed by atoms with Crippen LogP contribution in [0.15, 0.2) is 18.2 Å². The second kappa shape index (κ2) is 7.32. The highest BCUT2D eigenvalue weighted by Crippen LogP contribution is 2.60. The molecule has 17 heteroatoms. The number of halogens is 17. The fourth-order valence-electron chi connectivity index (χ4n) is 2.07. The van der Waals surface area contributed by atoms with Gasteiger partial charge in [-0.25, -0.2) is 0 Å². The number of benzene rings is 1. The third-order valence-corrected chi connectivity index (χ3v) is 4.13. The zero-order valence-electron chi connectivity index (χ0n) is 13.2. The third-order valence-electron chi connectivity index (χ3n) is 3.52. The second-order valence-electron chi connectivity index (χ2n) is 5.52. The summed E-state index contributed by atoms with van der Waals surface area (Å²) >= 11 is 15.2. The number of hydrogen-bond donors (Lipinski definition) is 0. The van der Waals surface area contributed by atoms with Crippen LogP contribution in [0.25, 0.3) is 0 Å². The topological polar surface area (TPSA) is 0 Å². The molecule has 0 nitrogen and oxygen atoms in total. The predicted octanol–water partition coefficient (Wildman–Crippen LogP) is 8.09. The van der Waals surface area contributed by atoms with Gasteiger partial charge in [-0.05, 0) is 0 Å². The summed E-state index contributed by atoms with van der Waals surface area (Å²) in [7, 11) is 0. The van der Waals surface area contributed by atoms with Crippen LogP contribution in [0.2, 0.25) is 0 Å². The van der Waals surface area contributed by atoms with Crippen LogP contribution in [0.4, 0.5) is 61.5 Å². The van der Waals surface area contributed by atoms with Gasteiger partial charge in [0.2, 0.25) is 3.79 Å². The van der Waals surface area contributed by atoms with Gasteiger partial charge in [-0.15, -0.1) is 0 Å². The van der Waals surface area contributed by atoms with Crippen LogP contribution < -0.4 is 0 Å². The summed E-state index contributed by atoms with van der Waals surface area (Å²) in [6.07, 6.45) is -14.3. The molecule has 0 spiro atoms. The summed E-state index contributed by atoms with van der Waals surface area (Å²) in [6.45, 7) is 0. The fourth-order valence-corrected chi connectivity index (χ4v) is 2.54. The van der Waals surface area contributed by atoms with Crippen LogP contribution >= 0.6 is 34.8 Å². The Labute approximate surface area is 171 Å². The van der Waals surface area contributed by atoms with Gasteiger partial charge in [0.1, 0.15) is 0 Å². The maximum atomic E-state index is 14.2. The standard InChI is InChI=1S/C13H3Cl3F14/c14-9(15,16)5-3-1-2-4(7(17,18)10(21,22)12(25,26)27)6(5)8(19,20)11(23,24)13(28,29)30/h1-3H. The van der Waals surface area contributed by atoms with Crippen molar-refractivity contribution in [3.05, 3.63) is 34.9 Å². The number of rotatable bonds is 4. The molecule has 0 bridgehead atoms.